The van der Waals surface area contributed by atoms with Crippen molar-refractivity contribution in [1.29, 1.82) is 0 Å². The van der Waals surface area contributed by atoms with Crippen molar-refractivity contribution in [2.75, 3.05) is 53.1 Å². The topological polar surface area (TPSA) is 60.0 Å². The summed E-state index contributed by atoms with van der Waals surface area (Å²) in [7, 11) is 2.02. The first kappa shape index (κ1) is 49.6. The highest BCUT2D eigenvalue weighted by Crippen LogP contribution is 2.12. The van der Waals surface area contributed by atoms with Gasteiger partial charge in [0.1, 0.15) is 6.61 Å². The molecule has 6 nitrogen and oxygen atoms in total. The predicted octanol–water partition coefficient (Wildman–Crippen LogP) is 13.1. The lowest BCUT2D eigenvalue weighted by atomic mass is 10.1. The van der Waals surface area contributed by atoms with Crippen LogP contribution >= 0.6 is 0 Å². The summed E-state index contributed by atoms with van der Waals surface area (Å²) in [4.78, 5) is 14.4. The molecule has 0 heterocycles. The van der Waals surface area contributed by atoms with Gasteiger partial charge in [-0.15, -0.1) is 0 Å². The average Bonchev–Trinajstić information content (AvgIpc) is 3.14. The summed E-state index contributed by atoms with van der Waals surface area (Å²) in [6.07, 6.45) is 45.6. The Morgan fingerprint density at radius 2 is 0.961 bits per heavy atom. The number of nitrogens with one attached hydrogen (secondary N) is 1. The molecule has 302 valence electrons. The van der Waals surface area contributed by atoms with Gasteiger partial charge in [-0.1, -0.05) is 161 Å². The van der Waals surface area contributed by atoms with Gasteiger partial charge in [0.25, 0.3) is 0 Å². The Kier molecular flexibility index (Phi) is 41.9. The van der Waals surface area contributed by atoms with E-state index in [0.717, 1.165) is 32.5 Å². The van der Waals surface area contributed by atoms with E-state index in [-0.39, 0.29) is 12.2 Å². The van der Waals surface area contributed by atoms with E-state index in [9.17, 15) is 4.79 Å². The normalized spacial score (nSPS) is 12.5. The number of hydrogen-bond donors (Lipinski definition) is 1. The highest BCUT2D eigenvalue weighted by molar-refractivity contribution is 5.67. The van der Waals surface area contributed by atoms with Gasteiger partial charge in [0, 0.05) is 26.3 Å². The maximum Gasteiger partial charge on any atom is 0.407 e. The SMILES string of the molecule is CCCCCCCC/C=C\CCCCCCCCOCC(CNC(=O)OCCN(C)CC)OCCCCCCCC/C=C\CCCCCCCC. The number of ether oxygens (including phenoxy) is 3. The summed E-state index contributed by atoms with van der Waals surface area (Å²) < 4.78 is 17.6. The van der Waals surface area contributed by atoms with Gasteiger partial charge in [0.05, 0.1) is 12.7 Å². The summed E-state index contributed by atoms with van der Waals surface area (Å²) >= 11 is 0. The zero-order chi connectivity index (χ0) is 37.1. The zero-order valence-corrected chi connectivity index (χ0v) is 34.7. The summed E-state index contributed by atoms with van der Waals surface area (Å²) in [5.41, 5.74) is 0. The fraction of sp³-hybridized carbons (Fsp3) is 0.889. The number of allylic oxidation sites excluding steroid dienone is 4. The third-order valence-corrected chi connectivity index (χ3v) is 9.83. The van der Waals surface area contributed by atoms with Gasteiger partial charge in [0.2, 0.25) is 0 Å². The predicted molar refractivity (Wildman–Crippen MR) is 222 cm³/mol. The first-order chi connectivity index (χ1) is 25.1. The van der Waals surface area contributed by atoms with E-state index < -0.39 is 0 Å². The molecule has 0 saturated heterocycles. The monoisotopic (exact) mass is 721 g/mol. The van der Waals surface area contributed by atoms with Gasteiger partial charge in [-0.2, -0.15) is 0 Å². The van der Waals surface area contributed by atoms with Crippen LogP contribution in [0.4, 0.5) is 4.79 Å². The maximum atomic E-state index is 12.2. The molecule has 6 heteroatoms. The number of hydrogen-bond acceptors (Lipinski definition) is 5. The van der Waals surface area contributed by atoms with E-state index in [1.165, 1.54) is 167 Å². The first-order valence-corrected chi connectivity index (χ1v) is 22.2. The molecule has 0 fully saturated rings. The molecule has 0 radical (unpaired) electrons. The van der Waals surface area contributed by atoms with Gasteiger partial charge in [-0.05, 0) is 77.8 Å². The van der Waals surface area contributed by atoms with Crippen LogP contribution in [0.5, 0.6) is 0 Å². The number of rotatable bonds is 41. The minimum Gasteiger partial charge on any atom is -0.448 e. The molecule has 0 aromatic carbocycles. The Hall–Kier alpha value is -1.37. The van der Waals surface area contributed by atoms with Crippen LogP contribution in [-0.2, 0) is 14.2 Å². The van der Waals surface area contributed by atoms with Crippen molar-refractivity contribution in [3.63, 3.8) is 0 Å². The smallest absolute Gasteiger partial charge is 0.407 e. The average molecular weight is 721 g/mol. The Morgan fingerprint density at radius 3 is 1.41 bits per heavy atom. The minimum atomic E-state index is -0.376. The number of carbonyl (C=O) groups is 1. The molecule has 1 unspecified atom stereocenters. The quantitative estimate of drug-likeness (QED) is 0.0503. The lowest BCUT2D eigenvalue weighted by Crippen LogP contribution is -2.37. The van der Waals surface area contributed by atoms with E-state index in [4.69, 9.17) is 14.2 Å². The molecule has 0 spiro atoms. The molecule has 0 bridgehead atoms. The van der Waals surface area contributed by atoms with Gasteiger partial charge in [0.15, 0.2) is 0 Å². The van der Waals surface area contributed by atoms with Crippen molar-refractivity contribution in [3.8, 4) is 0 Å². The highest BCUT2D eigenvalue weighted by atomic mass is 16.6. The van der Waals surface area contributed by atoms with Crippen LogP contribution in [0.25, 0.3) is 0 Å². The van der Waals surface area contributed by atoms with Crippen LogP contribution in [0.2, 0.25) is 0 Å². The molecule has 51 heavy (non-hydrogen) atoms. The Labute approximate surface area is 318 Å². The highest BCUT2D eigenvalue weighted by Gasteiger charge is 2.12. The van der Waals surface area contributed by atoms with E-state index >= 15 is 0 Å². The molecule has 0 rings (SSSR count). The van der Waals surface area contributed by atoms with Gasteiger partial charge in [-0.25, -0.2) is 4.79 Å². The van der Waals surface area contributed by atoms with Crippen molar-refractivity contribution >= 4 is 6.09 Å². The van der Waals surface area contributed by atoms with Crippen molar-refractivity contribution < 1.29 is 19.0 Å². The standard InChI is InChI=1S/C45H88N2O4/c1-5-8-10-12-14-16-18-20-22-24-26-28-30-32-34-36-39-49-43-44(42-46-45(48)51-41-38-47(4)7-3)50-40-37-35-33-31-29-27-25-23-21-19-17-15-13-11-9-6-2/h20-23,44H,5-19,24-43H2,1-4H3,(H,46,48)/b22-20-,23-21-. The molecule has 0 aliphatic rings. The molecular formula is C45H88N2O4. The lowest BCUT2D eigenvalue weighted by molar-refractivity contribution is -0.0175. The van der Waals surface area contributed by atoms with Gasteiger partial charge < -0.3 is 24.4 Å². The summed E-state index contributed by atoms with van der Waals surface area (Å²) in [5, 5.41) is 2.90. The molecule has 1 N–H and O–H groups in total. The van der Waals surface area contributed by atoms with Crippen LogP contribution in [0.1, 0.15) is 201 Å². The van der Waals surface area contributed by atoms with Crippen molar-refractivity contribution in [2.45, 2.75) is 207 Å². The van der Waals surface area contributed by atoms with Gasteiger partial charge >= 0.3 is 6.09 Å². The van der Waals surface area contributed by atoms with Crippen LogP contribution < -0.4 is 5.32 Å². The summed E-state index contributed by atoms with van der Waals surface area (Å²) in [6.45, 7) is 11.1. The second-order valence-corrected chi connectivity index (χ2v) is 14.9. The fourth-order valence-corrected chi connectivity index (χ4v) is 6.13. The van der Waals surface area contributed by atoms with E-state index in [0.29, 0.717) is 26.4 Å². The van der Waals surface area contributed by atoms with Crippen molar-refractivity contribution in [1.82, 2.24) is 10.2 Å². The maximum absolute atomic E-state index is 12.2. The molecule has 0 saturated carbocycles. The van der Waals surface area contributed by atoms with Crippen LogP contribution in [0.15, 0.2) is 24.3 Å². The Morgan fingerprint density at radius 1 is 0.549 bits per heavy atom. The molecule has 1 amide bonds. The van der Waals surface area contributed by atoms with Crippen LogP contribution in [0.3, 0.4) is 0 Å². The molecule has 0 aliphatic carbocycles. The number of unbranched alkanes of at least 4 members (excludes halogenated alkanes) is 24. The lowest BCUT2D eigenvalue weighted by Gasteiger charge is -2.19. The number of alkyl carbamates (subject to hydrolysis) is 1. The fourth-order valence-electron chi connectivity index (χ4n) is 6.13. The molecule has 1 atom stereocenters. The third-order valence-electron chi connectivity index (χ3n) is 9.83. The number of likely N-dealkylation sites (N-methyl/N-ethyl adjacent to an activating group) is 1. The second kappa shape index (κ2) is 43.0. The second-order valence-electron chi connectivity index (χ2n) is 14.9. The van der Waals surface area contributed by atoms with Crippen LogP contribution in [0, 0.1) is 0 Å². The third kappa shape index (κ3) is 41.2. The molecule has 0 aromatic rings. The van der Waals surface area contributed by atoms with Crippen molar-refractivity contribution in [3.05, 3.63) is 24.3 Å². The minimum absolute atomic E-state index is 0.145. The number of nitrogens with zero attached hydrogens (tertiary/aromatic N) is 1. The van der Waals surface area contributed by atoms with Crippen LogP contribution in [-0.4, -0.2) is 70.2 Å². The molecular weight excluding hydrogens is 633 g/mol. The largest absolute Gasteiger partial charge is 0.448 e. The first-order valence-electron chi connectivity index (χ1n) is 22.2. The van der Waals surface area contributed by atoms with Gasteiger partial charge in [-0.3, -0.25) is 0 Å². The summed E-state index contributed by atoms with van der Waals surface area (Å²) in [5.74, 6) is 0. The Bertz CT molecular complexity index is 744. The van der Waals surface area contributed by atoms with E-state index in [2.05, 4.69) is 55.3 Å². The summed E-state index contributed by atoms with van der Waals surface area (Å²) in [6, 6.07) is 0. The zero-order valence-electron chi connectivity index (χ0n) is 34.7. The number of carbonyl (C=O) groups excluding carboxylic acids is 1. The Balaban J connectivity index is 3.99. The number of amides is 1. The van der Waals surface area contributed by atoms with E-state index in [1.807, 2.05) is 7.05 Å². The molecule has 0 aromatic heterocycles. The van der Waals surface area contributed by atoms with Crippen molar-refractivity contribution in [2.24, 2.45) is 0 Å². The molecule has 0 aliphatic heterocycles. The van der Waals surface area contributed by atoms with E-state index in [1.54, 1.807) is 0 Å².